The summed E-state index contributed by atoms with van der Waals surface area (Å²) in [5.41, 5.74) is 1.59. The van der Waals surface area contributed by atoms with Gasteiger partial charge in [-0.15, -0.1) is 0 Å². The molecule has 0 spiro atoms. The Labute approximate surface area is 237 Å². The van der Waals surface area contributed by atoms with E-state index in [9.17, 15) is 18.0 Å². The molecule has 1 heterocycles. The number of aryl methyl sites for hydroxylation is 1. The number of nitrogens with zero attached hydrogens (tertiary/aromatic N) is 1. The second-order valence-corrected chi connectivity index (χ2v) is 11.9. The van der Waals surface area contributed by atoms with E-state index in [-0.39, 0.29) is 38.9 Å². The molecule has 1 aliphatic heterocycles. The Hall–Kier alpha value is -2.99. The second-order valence-electron chi connectivity index (χ2n) is 8.02. The van der Waals surface area contributed by atoms with Crippen LogP contribution in [0, 0.1) is 6.92 Å². The van der Waals surface area contributed by atoms with E-state index < -0.39 is 21.3 Å². The van der Waals surface area contributed by atoms with Gasteiger partial charge in [0, 0.05) is 5.02 Å². The summed E-state index contributed by atoms with van der Waals surface area (Å²) < 4.78 is 42.1. The molecule has 0 aliphatic carbocycles. The maximum absolute atomic E-state index is 12.9. The number of halogens is 2. The lowest BCUT2D eigenvalue weighted by molar-refractivity contribution is -0.123. The third-order valence-electron chi connectivity index (χ3n) is 5.32. The summed E-state index contributed by atoms with van der Waals surface area (Å²) in [6.07, 6.45) is 1.52. The Kier molecular flexibility index (Phi) is 8.71. The van der Waals surface area contributed by atoms with Crippen LogP contribution in [0.3, 0.4) is 0 Å². The van der Waals surface area contributed by atoms with Gasteiger partial charge in [-0.2, -0.15) is 8.42 Å². The number of rotatable bonds is 9. The quantitative estimate of drug-likeness (QED) is 0.199. The lowest BCUT2D eigenvalue weighted by Crippen LogP contribution is -2.32. The first-order valence-corrected chi connectivity index (χ1v) is 14.5. The minimum Gasteiger partial charge on any atom is -0.493 e. The van der Waals surface area contributed by atoms with Gasteiger partial charge in [0.2, 0.25) is 0 Å². The topological polar surface area (TPSA) is 99.2 Å². The first-order chi connectivity index (χ1) is 18.1. The summed E-state index contributed by atoms with van der Waals surface area (Å²) in [5.74, 6) is 0.235. The van der Waals surface area contributed by atoms with Crippen LogP contribution in [0.4, 0.5) is 4.79 Å². The molecule has 0 bridgehead atoms. The molecule has 8 nitrogen and oxygen atoms in total. The highest BCUT2D eigenvalue weighted by Crippen LogP contribution is 2.40. The first kappa shape index (κ1) is 28.0. The molecule has 0 saturated carbocycles. The highest BCUT2D eigenvalue weighted by atomic mass is 79.9. The number of carbonyl (C=O) groups excluding carboxylic acids is 2. The maximum Gasteiger partial charge on any atom is 0.339 e. The van der Waals surface area contributed by atoms with Crippen LogP contribution >= 0.6 is 39.3 Å². The van der Waals surface area contributed by atoms with E-state index >= 15 is 0 Å². The van der Waals surface area contributed by atoms with Crippen molar-refractivity contribution < 1.29 is 31.7 Å². The third kappa shape index (κ3) is 6.52. The van der Waals surface area contributed by atoms with Crippen molar-refractivity contribution in [3.63, 3.8) is 0 Å². The fourth-order valence-electron chi connectivity index (χ4n) is 3.40. The predicted molar refractivity (Wildman–Crippen MR) is 149 cm³/mol. The lowest BCUT2D eigenvalue weighted by atomic mass is 10.2. The molecule has 1 fully saturated rings. The molecule has 0 N–H and O–H groups in total. The molecule has 38 heavy (non-hydrogen) atoms. The van der Waals surface area contributed by atoms with Crippen LogP contribution in [-0.4, -0.2) is 44.7 Å². The highest BCUT2D eigenvalue weighted by molar-refractivity contribution is 9.10. The van der Waals surface area contributed by atoms with Gasteiger partial charge < -0.3 is 13.7 Å². The molecule has 4 rings (SSSR count). The van der Waals surface area contributed by atoms with Gasteiger partial charge in [-0.3, -0.25) is 14.5 Å². The largest absolute Gasteiger partial charge is 0.493 e. The average molecular weight is 639 g/mol. The highest BCUT2D eigenvalue weighted by Gasteiger charge is 2.35. The number of imide groups is 1. The van der Waals surface area contributed by atoms with Gasteiger partial charge in [0.1, 0.15) is 17.3 Å². The molecule has 3 aromatic carbocycles. The van der Waals surface area contributed by atoms with Gasteiger partial charge in [0.25, 0.3) is 11.1 Å². The summed E-state index contributed by atoms with van der Waals surface area (Å²) in [6.45, 7) is 2.22. The molecule has 1 saturated heterocycles. The number of carbonyl (C=O) groups is 2. The zero-order valence-electron chi connectivity index (χ0n) is 20.1. The van der Waals surface area contributed by atoms with Crippen molar-refractivity contribution >= 4 is 66.6 Å². The molecular weight excluding hydrogens is 618 g/mol. The van der Waals surface area contributed by atoms with Crippen LogP contribution in [0.1, 0.15) is 11.1 Å². The number of methoxy groups -OCH3 is 1. The maximum atomic E-state index is 12.9. The van der Waals surface area contributed by atoms with Gasteiger partial charge in [-0.05, 0) is 94.8 Å². The normalized spacial score (nSPS) is 14.7. The fraction of sp³-hybridized carbons (Fsp3) is 0.154. The van der Waals surface area contributed by atoms with E-state index in [4.69, 9.17) is 25.3 Å². The van der Waals surface area contributed by atoms with Crippen molar-refractivity contribution in [2.45, 2.75) is 11.8 Å². The average Bonchev–Trinajstić information content (AvgIpc) is 3.14. The second kappa shape index (κ2) is 11.8. The fourth-order valence-corrected chi connectivity index (χ4v) is 5.99. The molecule has 198 valence electrons. The molecule has 0 aromatic heterocycles. The molecule has 0 radical (unpaired) electrons. The van der Waals surface area contributed by atoms with Crippen LogP contribution < -0.4 is 13.7 Å². The molecule has 0 unspecified atom stereocenters. The van der Waals surface area contributed by atoms with E-state index in [2.05, 4.69) is 15.9 Å². The number of amides is 2. The summed E-state index contributed by atoms with van der Waals surface area (Å²) in [5, 5.41) is -0.0240. The number of benzene rings is 3. The number of hydrogen-bond donors (Lipinski definition) is 0. The smallest absolute Gasteiger partial charge is 0.339 e. The Morgan fingerprint density at radius 1 is 1.05 bits per heavy atom. The van der Waals surface area contributed by atoms with Crippen molar-refractivity contribution in [1.82, 2.24) is 4.90 Å². The third-order valence-corrected chi connectivity index (χ3v) is 8.31. The molecule has 0 atom stereocenters. The minimum absolute atomic E-state index is 0.0686. The van der Waals surface area contributed by atoms with Gasteiger partial charge in [0.05, 0.1) is 23.0 Å². The Balaban J connectivity index is 1.49. The van der Waals surface area contributed by atoms with Gasteiger partial charge in [-0.25, -0.2) is 0 Å². The van der Waals surface area contributed by atoms with Crippen molar-refractivity contribution in [2.24, 2.45) is 0 Å². The van der Waals surface area contributed by atoms with Gasteiger partial charge in [-0.1, -0.05) is 29.3 Å². The SMILES string of the molecule is COc1cc(/C=C2\SC(=O)N(CCOc3ccc(C)cc3)C2=O)cc(Br)c1OS(=O)(=O)c1ccc(Cl)cc1. The van der Waals surface area contributed by atoms with E-state index in [1.807, 2.05) is 31.2 Å². The molecule has 1 aliphatic rings. The van der Waals surface area contributed by atoms with Gasteiger partial charge >= 0.3 is 10.1 Å². The summed E-state index contributed by atoms with van der Waals surface area (Å²) >= 11 is 9.97. The number of thioether (sulfide) groups is 1. The lowest BCUT2D eigenvalue weighted by Gasteiger charge is -2.14. The molecule has 3 aromatic rings. The van der Waals surface area contributed by atoms with Crippen LogP contribution in [0.5, 0.6) is 17.2 Å². The summed E-state index contributed by atoms with van der Waals surface area (Å²) in [4.78, 5) is 26.6. The van der Waals surface area contributed by atoms with Crippen LogP contribution in [0.15, 0.2) is 74.9 Å². The Bertz CT molecular complexity index is 1510. The number of ether oxygens (including phenoxy) is 2. The zero-order valence-corrected chi connectivity index (χ0v) is 24.1. The molecular formula is C26H21BrClNO7S2. The predicted octanol–water partition coefficient (Wildman–Crippen LogP) is 6.30. The zero-order chi connectivity index (χ0) is 27.4. The standard InChI is InChI=1S/C26H21BrClNO7S2/c1-16-3-7-19(8-4-16)35-12-11-29-25(30)23(37-26(29)31)15-17-13-21(27)24(22(14-17)34-2)36-38(32,33)20-9-5-18(28)6-10-20/h3-10,13-15H,11-12H2,1-2H3/b23-15-. The first-order valence-electron chi connectivity index (χ1n) is 11.1. The summed E-state index contributed by atoms with van der Waals surface area (Å²) in [7, 11) is -2.82. The van der Waals surface area contributed by atoms with E-state index in [0.717, 1.165) is 22.2 Å². The Morgan fingerprint density at radius 2 is 1.74 bits per heavy atom. The van der Waals surface area contributed by atoms with Gasteiger partial charge in [0.15, 0.2) is 11.5 Å². The van der Waals surface area contributed by atoms with Crippen molar-refractivity contribution in [3.05, 3.63) is 86.2 Å². The molecule has 2 amide bonds. The van der Waals surface area contributed by atoms with Crippen LogP contribution in [0.2, 0.25) is 5.02 Å². The Morgan fingerprint density at radius 3 is 2.39 bits per heavy atom. The molecule has 12 heteroatoms. The van der Waals surface area contributed by atoms with E-state index in [1.54, 1.807) is 6.07 Å². The van der Waals surface area contributed by atoms with Crippen LogP contribution in [-0.2, 0) is 14.9 Å². The monoisotopic (exact) mass is 637 g/mol. The van der Waals surface area contributed by atoms with Crippen LogP contribution in [0.25, 0.3) is 6.08 Å². The van der Waals surface area contributed by atoms with Crippen molar-refractivity contribution in [3.8, 4) is 17.2 Å². The summed E-state index contributed by atoms with van der Waals surface area (Å²) in [6, 6.07) is 16.1. The number of hydrogen-bond acceptors (Lipinski definition) is 8. The van der Waals surface area contributed by atoms with Crippen molar-refractivity contribution in [2.75, 3.05) is 20.3 Å². The van der Waals surface area contributed by atoms with E-state index in [0.29, 0.717) is 16.3 Å². The van der Waals surface area contributed by atoms with E-state index in [1.165, 1.54) is 43.5 Å². The van der Waals surface area contributed by atoms with Crippen molar-refractivity contribution in [1.29, 1.82) is 0 Å². The minimum atomic E-state index is -4.18.